The Morgan fingerprint density at radius 1 is 1.03 bits per heavy atom. The third kappa shape index (κ3) is 7.03. The number of para-hydroxylation sites is 1. The largest absolute Gasteiger partial charge is 0.506 e. The molecule has 10 heteroatoms. The van der Waals surface area contributed by atoms with Crippen molar-refractivity contribution in [1.29, 1.82) is 0 Å². The monoisotopic (exact) mass is 623 g/mol. The van der Waals surface area contributed by atoms with Gasteiger partial charge in [0, 0.05) is 0 Å². The summed E-state index contributed by atoms with van der Waals surface area (Å²) in [5.74, 6) is -0.464. The molecule has 36 heavy (non-hydrogen) atoms. The van der Waals surface area contributed by atoms with Gasteiger partial charge in [-0.2, -0.15) is 0 Å². The Morgan fingerprint density at radius 3 is 2.42 bits per heavy atom. The molecular weight excluding hydrogens is 597 g/mol. The molecule has 1 N–H and O–H groups in total. The molecule has 0 aliphatic carbocycles. The lowest BCUT2D eigenvalue weighted by molar-refractivity contribution is -0.145. The van der Waals surface area contributed by atoms with Gasteiger partial charge < -0.3 is 24.1 Å². The molecule has 0 saturated heterocycles. The van der Waals surface area contributed by atoms with Gasteiger partial charge in [0.25, 0.3) is 0 Å². The number of carbonyl (C=O) groups excluding carboxylic acids is 2. The second-order valence-electron chi connectivity index (χ2n) is 7.16. The zero-order valence-electron chi connectivity index (χ0n) is 20.1. The predicted octanol–water partition coefficient (Wildman–Crippen LogP) is 5.82. The number of aliphatic hydroxyl groups is 1. The van der Waals surface area contributed by atoms with Crippen molar-refractivity contribution in [3.05, 3.63) is 67.8 Å². The normalized spacial score (nSPS) is 15.3. The van der Waals surface area contributed by atoms with Gasteiger partial charge in [0.2, 0.25) is 0 Å². The fourth-order valence-electron chi connectivity index (χ4n) is 3.17. The molecule has 1 aliphatic heterocycles. The van der Waals surface area contributed by atoms with Gasteiger partial charge in [0.05, 0.1) is 34.0 Å². The van der Waals surface area contributed by atoms with Gasteiger partial charge >= 0.3 is 11.9 Å². The SMILES string of the molecule is CCOC(=O)COc1c(I)cc(/C=C2\SC(=Nc3ccccc3)C(C(=O)OCC)=C2O)cc1OCC. The summed E-state index contributed by atoms with van der Waals surface area (Å²) < 4.78 is 22.2. The number of thioether (sulfide) groups is 1. The Labute approximate surface area is 227 Å². The van der Waals surface area contributed by atoms with Gasteiger partial charge in [-0.05, 0) is 79.3 Å². The van der Waals surface area contributed by atoms with E-state index in [2.05, 4.69) is 27.6 Å². The molecule has 8 nitrogen and oxygen atoms in total. The van der Waals surface area contributed by atoms with Crippen molar-refractivity contribution in [2.45, 2.75) is 20.8 Å². The summed E-state index contributed by atoms with van der Waals surface area (Å²) >= 11 is 3.26. The number of hydrogen-bond acceptors (Lipinski definition) is 9. The average molecular weight is 623 g/mol. The highest BCUT2D eigenvalue weighted by Crippen LogP contribution is 2.42. The van der Waals surface area contributed by atoms with Crippen LogP contribution in [0, 0.1) is 3.57 Å². The van der Waals surface area contributed by atoms with Crippen LogP contribution in [0.1, 0.15) is 26.3 Å². The second-order valence-corrected chi connectivity index (χ2v) is 9.36. The Balaban J connectivity index is 1.98. The molecule has 190 valence electrons. The summed E-state index contributed by atoms with van der Waals surface area (Å²) in [6.45, 7) is 5.84. The number of halogens is 1. The first kappa shape index (κ1) is 27.6. The van der Waals surface area contributed by atoms with E-state index >= 15 is 0 Å². The summed E-state index contributed by atoms with van der Waals surface area (Å²) in [7, 11) is 0. The first-order valence-electron chi connectivity index (χ1n) is 11.3. The van der Waals surface area contributed by atoms with E-state index in [0.29, 0.717) is 42.9 Å². The molecule has 2 aromatic rings. The van der Waals surface area contributed by atoms with Crippen molar-refractivity contribution in [2.24, 2.45) is 4.99 Å². The summed E-state index contributed by atoms with van der Waals surface area (Å²) in [5, 5.41) is 11.3. The fourth-order valence-corrected chi connectivity index (χ4v) is 4.99. The molecule has 0 fully saturated rings. The lowest BCUT2D eigenvalue weighted by Crippen LogP contribution is -2.15. The number of ether oxygens (including phenoxy) is 4. The molecule has 0 aromatic heterocycles. The van der Waals surface area contributed by atoms with Gasteiger partial charge in [-0.25, -0.2) is 14.6 Å². The number of hydrogen-bond donors (Lipinski definition) is 1. The van der Waals surface area contributed by atoms with Crippen LogP contribution in [0.2, 0.25) is 0 Å². The van der Waals surface area contributed by atoms with Gasteiger partial charge in [-0.1, -0.05) is 30.0 Å². The number of carbonyl (C=O) groups is 2. The van der Waals surface area contributed by atoms with Crippen molar-refractivity contribution >= 4 is 63.1 Å². The number of rotatable bonds is 10. The number of nitrogens with zero attached hydrogens (tertiary/aromatic N) is 1. The van der Waals surface area contributed by atoms with Crippen LogP contribution in [0.4, 0.5) is 5.69 Å². The van der Waals surface area contributed by atoms with E-state index in [-0.39, 0.29) is 31.2 Å². The number of esters is 2. The van der Waals surface area contributed by atoms with E-state index in [0.717, 1.165) is 0 Å². The van der Waals surface area contributed by atoms with Gasteiger partial charge in [-0.3, -0.25) is 0 Å². The Morgan fingerprint density at radius 2 is 1.75 bits per heavy atom. The van der Waals surface area contributed by atoms with E-state index in [1.807, 2.05) is 31.2 Å². The maximum atomic E-state index is 12.6. The van der Waals surface area contributed by atoms with E-state index in [1.165, 1.54) is 11.8 Å². The van der Waals surface area contributed by atoms with Crippen molar-refractivity contribution in [2.75, 3.05) is 26.4 Å². The topological polar surface area (TPSA) is 104 Å². The lowest BCUT2D eigenvalue weighted by atomic mass is 10.1. The molecule has 0 saturated carbocycles. The van der Waals surface area contributed by atoms with Crippen molar-refractivity contribution in [3.63, 3.8) is 0 Å². The highest BCUT2D eigenvalue weighted by atomic mass is 127. The fraction of sp³-hybridized carbons (Fsp3) is 0.269. The van der Waals surface area contributed by atoms with E-state index in [1.54, 1.807) is 38.1 Å². The van der Waals surface area contributed by atoms with E-state index in [9.17, 15) is 14.7 Å². The van der Waals surface area contributed by atoms with Gasteiger partial charge in [0.15, 0.2) is 18.1 Å². The van der Waals surface area contributed by atoms with Gasteiger partial charge in [-0.15, -0.1) is 0 Å². The van der Waals surface area contributed by atoms with Crippen LogP contribution >= 0.6 is 34.4 Å². The maximum Gasteiger partial charge on any atom is 0.344 e. The molecule has 0 bridgehead atoms. The van der Waals surface area contributed by atoms with Crippen molar-refractivity contribution in [3.8, 4) is 11.5 Å². The average Bonchev–Trinajstić information content (AvgIpc) is 3.14. The Kier molecular flexibility index (Phi) is 10.2. The van der Waals surface area contributed by atoms with E-state index < -0.39 is 11.9 Å². The minimum Gasteiger partial charge on any atom is -0.506 e. The molecule has 0 amide bonds. The summed E-state index contributed by atoms with van der Waals surface area (Å²) in [4.78, 5) is 29.4. The third-order valence-electron chi connectivity index (χ3n) is 4.63. The molecule has 3 rings (SSSR count). The highest BCUT2D eigenvalue weighted by Gasteiger charge is 2.33. The standard InChI is InChI=1S/C26H26INO7S/c1-4-32-19-13-16(12-18(27)24(19)35-15-21(29)33-5-2)14-20-23(30)22(26(31)34-6-3)25(36-20)28-17-10-8-7-9-11-17/h7-14,30H,4-6,15H2,1-3H3/b20-14-,28-25?. The summed E-state index contributed by atoms with van der Waals surface area (Å²) in [5.41, 5.74) is 1.36. The Hall–Kier alpha value is -2.99. The van der Waals surface area contributed by atoms with Crippen LogP contribution in [0.5, 0.6) is 11.5 Å². The number of benzene rings is 2. The van der Waals surface area contributed by atoms with Crippen LogP contribution in [-0.2, 0) is 19.1 Å². The quantitative estimate of drug-likeness (QED) is 0.261. The second kappa shape index (κ2) is 13.4. The van der Waals surface area contributed by atoms with Crippen LogP contribution in [-0.4, -0.2) is 48.5 Å². The van der Waals surface area contributed by atoms with E-state index in [4.69, 9.17) is 18.9 Å². The highest BCUT2D eigenvalue weighted by molar-refractivity contribution is 14.1. The first-order chi connectivity index (χ1) is 17.4. The molecule has 0 spiro atoms. The molecule has 1 heterocycles. The molecule has 1 aliphatic rings. The molecule has 0 radical (unpaired) electrons. The lowest BCUT2D eigenvalue weighted by Gasteiger charge is -2.14. The predicted molar refractivity (Wildman–Crippen MR) is 148 cm³/mol. The maximum absolute atomic E-state index is 12.6. The first-order valence-corrected chi connectivity index (χ1v) is 13.2. The van der Waals surface area contributed by atoms with Crippen molar-refractivity contribution in [1.82, 2.24) is 0 Å². The summed E-state index contributed by atoms with van der Waals surface area (Å²) in [6, 6.07) is 12.7. The summed E-state index contributed by atoms with van der Waals surface area (Å²) in [6.07, 6.45) is 1.73. The number of aliphatic hydroxyl groups excluding tert-OH is 1. The van der Waals surface area contributed by atoms with Crippen LogP contribution in [0.15, 0.2) is 63.7 Å². The van der Waals surface area contributed by atoms with Crippen molar-refractivity contribution < 1.29 is 33.6 Å². The Bertz CT molecular complexity index is 1210. The zero-order valence-corrected chi connectivity index (χ0v) is 23.1. The molecule has 0 atom stereocenters. The molecule has 0 unspecified atom stereocenters. The number of aliphatic imine (C=N–C) groups is 1. The van der Waals surface area contributed by atoms with Crippen LogP contribution < -0.4 is 9.47 Å². The zero-order chi connectivity index (χ0) is 26.1. The smallest absolute Gasteiger partial charge is 0.344 e. The van der Waals surface area contributed by atoms with Crippen LogP contribution in [0.25, 0.3) is 6.08 Å². The third-order valence-corrected chi connectivity index (χ3v) is 6.45. The van der Waals surface area contributed by atoms with Gasteiger partial charge in [0.1, 0.15) is 16.4 Å². The molecular formula is C26H26INO7S. The van der Waals surface area contributed by atoms with Crippen LogP contribution in [0.3, 0.4) is 0 Å². The molecule has 2 aromatic carbocycles. The minimum absolute atomic E-state index is 0.0195. The minimum atomic E-state index is -0.645.